The average Bonchev–Trinajstić information content (AvgIpc) is 2.83. The number of rotatable bonds is 4. The van der Waals surface area contributed by atoms with Crippen molar-refractivity contribution in [3.63, 3.8) is 0 Å². The second kappa shape index (κ2) is 6.22. The molecule has 20 heavy (non-hydrogen) atoms. The second-order valence-corrected chi connectivity index (χ2v) is 7.79. The van der Waals surface area contributed by atoms with Crippen LogP contribution in [-0.4, -0.2) is 46.3 Å². The van der Waals surface area contributed by atoms with Crippen molar-refractivity contribution in [3.8, 4) is 0 Å². The van der Waals surface area contributed by atoms with Gasteiger partial charge in [-0.05, 0) is 42.9 Å². The van der Waals surface area contributed by atoms with E-state index < -0.39 is 0 Å². The lowest BCUT2D eigenvalue weighted by atomic mass is 9.93. The molecule has 2 heterocycles. The lowest BCUT2D eigenvalue weighted by Gasteiger charge is -2.39. The predicted molar refractivity (Wildman–Crippen MR) is 82.6 cm³/mol. The Labute approximate surface area is 125 Å². The van der Waals surface area contributed by atoms with E-state index in [-0.39, 0.29) is 17.4 Å². The van der Waals surface area contributed by atoms with E-state index in [1.54, 1.807) is 0 Å². The molecule has 0 aliphatic carbocycles. The summed E-state index contributed by atoms with van der Waals surface area (Å²) in [5.74, 6) is 0.290. The van der Waals surface area contributed by atoms with Crippen LogP contribution in [-0.2, 0) is 11.3 Å². The third-order valence-corrected chi connectivity index (χ3v) is 4.32. The molecular weight excluding hydrogens is 270 g/mol. The summed E-state index contributed by atoms with van der Waals surface area (Å²) in [6, 6.07) is 2.05. The van der Waals surface area contributed by atoms with Crippen LogP contribution in [0.1, 0.15) is 38.5 Å². The van der Waals surface area contributed by atoms with Gasteiger partial charge in [-0.3, -0.25) is 9.69 Å². The van der Waals surface area contributed by atoms with Crippen molar-refractivity contribution in [2.24, 2.45) is 5.41 Å². The van der Waals surface area contributed by atoms with Gasteiger partial charge in [-0.2, -0.15) is 0 Å². The molecule has 0 aromatic carbocycles. The van der Waals surface area contributed by atoms with Gasteiger partial charge in [-0.1, -0.05) is 20.8 Å². The van der Waals surface area contributed by atoms with E-state index >= 15 is 0 Å². The van der Waals surface area contributed by atoms with E-state index in [1.807, 2.05) is 24.2 Å². The number of likely N-dealkylation sites (tertiary alicyclic amines) is 1. The third kappa shape index (κ3) is 4.03. The summed E-state index contributed by atoms with van der Waals surface area (Å²) in [5, 5.41) is 0. The molecule has 112 valence electrons. The van der Waals surface area contributed by atoms with Gasteiger partial charge in [0.25, 0.3) is 0 Å². The smallest absolute Gasteiger partial charge is 0.239 e. The van der Waals surface area contributed by atoms with Crippen LogP contribution in [0.5, 0.6) is 0 Å². The zero-order valence-electron chi connectivity index (χ0n) is 12.9. The van der Waals surface area contributed by atoms with E-state index in [4.69, 9.17) is 0 Å². The third-order valence-electron chi connectivity index (χ3n) is 3.60. The molecular formula is C15H25N3OS. The van der Waals surface area contributed by atoms with Crippen LogP contribution >= 0.6 is 11.5 Å². The number of piperidine rings is 1. The fourth-order valence-corrected chi connectivity index (χ4v) is 3.38. The number of likely N-dealkylation sites (N-methyl/N-ethyl adjacent to an activating group) is 1. The first-order chi connectivity index (χ1) is 9.37. The summed E-state index contributed by atoms with van der Waals surface area (Å²) in [4.78, 5) is 18.1. The van der Waals surface area contributed by atoms with Crippen LogP contribution in [0.25, 0.3) is 0 Å². The van der Waals surface area contributed by atoms with Crippen molar-refractivity contribution >= 4 is 17.4 Å². The van der Waals surface area contributed by atoms with Crippen LogP contribution in [0.2, 0.25) is 0 Å². The SMILES string of the molecule is CN(Cc1ccns1)C1CCCN(CC(C)(C)C)C1=O. The van der Waals surface area contributed by atoms with Gasteiger partial charge >= 0.3 is 0 Å². The van der Waals surface area contributed by atoms with Crippen LogP contribution in [0.15, 0.2) is 12.3 Å². The van der Waals surface area contributed by atoms with E-state index in [2.05, 4.69) is 30.0 Å². The highest BCUT2D eigenvalue weighted by atomic mass is 32.1. The molecule has 1 aromatic rings. The highest BCUT2D eigenvalue weighted by Gasteiger charge is 2.33. The van der Waals surface area contributed by atoms with Gasteiger partial charge in [0.2, 0.25) is 5.91 Å². The van der Waals surface area contributed by atoms with Crippen molar-refractivity contribution in [2.75, 3.05) is 20.1 Å². The fraction of sp³-hybridized carbons (Fsp3) is 0.733. The molecule has 5 heteroatoms. The summed E-state index contributed by atoms with van der Waals surface area (Å²) >= 11 is 1.51. The van der Waals surface area contributed by atoms with Crippen LogP contribution in [0.3, 0.4) is 0 Å². The quantitative estimate of drug-likeness (QED) is 0.857. The summed E-state index contributed by atoms with van der Waals surface area (Å²) in [5.41, 5.74) is 0.161. The largest absolute Gasteiger partial charge is 0.341 e. The minimum Gasteiger partial charge on any atom is -0.341 e. The number of hydrogen-bond acceptors (Lipinski definition) is 4. The number of carbonyl (C=O) groups excluding carboxylic acids is 1. The maximum absolute atomic E-state index is 12.6. The molecule has 0 N–H and O–H groups in total. The van der Waals surface area contributed by atoms with Gasteiger partial charge < -0.3 is 4.90 Å². The molecule has 1 fully saturated rings. The fourth-order valence-electron chi connectivity index (χ4n) is 2.74. The molecule has 0 spiro atoms. The van der Waals surface area contributed by atoms with Gasteiger partial charge in [-0.15, -0.1) is 0 Å². The van der Waals surface area contributed by atoms with Crippen molar-refractivity contribution in [2.45, 2.75) is 46.2 Å². The minimum atomic E-state index is 0.0215. The maximum Gasteiger partial charge on any atom is 0.239 e. The number of aromatic nitrogens is 1. The number of nitrogens with zero attached hydrogens (tertiary/aromatic N) is 3. The molecule has 0 radical (unpaired) electrons. The zero-order valence-corrected chi connectivity index (χ0v) is 13.7. The molecule has 1 unspecified atom stereocenters. The van der Waals surface area contributed by atoms with Crippen LogP contribution in [0, 0.1) is 5.41 Å². The van der Waals surface area contributed by atoms with Gasteiger partial charge in [-0.25, -0.2) is 4.37 Å². The normalized spacial score (nSPS) is 20.8. The molecule has 2 rings (SSSR count). The minimum absolute atomic E-state index is 0.0215. The van der Waals surface area contributed by atoms with Gasteiger partial charge in [0.05, 0.1) is 6.04 Å². The molecule has 0 saturated carbocycles. The Hall–Kier alpha value is -0.940. The second-order valence-electron chi connectivity index (χ2n) is 6.87. The number of carbonyl (C=O) groups is 1. The topological polar surface area (TPSA) is 36.4 Å². The number of hydrogen-bond donors (Lipinski definition) is 0. The molecule has 0 bridgehead atoms. The van der Waals surface area contributed by atoms with Crippen molar-refractivity contribution in [3.05, 3.63) is 17.1 Å². The molecule has 1 aliphatic rings. The van der Waals surface area contributed by atoms with E-state index in [0.29, 0.717) is 0 Å². The predicted octanol–water partition coefficient (Wildman–Crippen LogP) is 2.61. The Morgan fingerprint density at radius 1 is 1.50 bits per heavy atom. The Morgan fingerprint density at radius 2 is 2.25 bits per heavy atom. The summed E-state index contributed by atoms with van der Waals surface area (Å²) < 4.78 is 4.12. The molecule has 1 aromatic heterocycles. The standard InChI is InChI=1S/C15H25N3OS/c1-15(2,3)11-18-9-5-6-13(14(18)19)17(4)10-12-7-8-16-20-12/h7-8,13H,5-6,9-11H2,1-4H3. The Morgan fingerprint density at radius 3 is 2.85 bits per heavy atom. The first kappa shape index (κ1) is 15.4. The monoisotopic (exact) mass is 295 g/mol. The molecule has 1 aliphatic heterocycles. The Kier molecular flexibility index (Phi) is 4.81. The first-order valence-electron chi connectivity index (χ1n) is 7.25. The summed E-state index contributed by atoms with van der Waals surface area (Å²) in [6.45, 7) is 9.11. The van der Waals surface area contributed by atoms with Crippen LogP contribution < -0.4 is 0 Å². The molecule has 1 saturated heterocycles. The molecule has 1 atom stereocenters. The number of amides is 1. The Balaban J connectivity index is 1.98. The van der Waals surface area contributed by atoms with Crippen molar-refractivity contribution < 1.29 is 4.79 Å². The van der Waals surface area contributed by atoms with Crippen LogP contribution in [0.4, 0.5) is 0 Å². The van der Waals surface area contributed by atoms with E-state index in [0.717, 1.165) is 32.5 Å². The molecule has 4 nitrogen and oxygen atoms in total. The van der Waals surface area contributed by atoms with Crippen molar-refractivity contribution in [1.29, 1.82) is 0 Å². The maximum atomic E-state index is 12.6. The highest BCUT2D eigenvalue weighted by molar-refractivity contribution is 7.05. The van der Waals surface area contributed by atoms with Gasteiger partial charge in [0.15, 0.2) is 0 Å². The highest BCUT2D eigenvalue weighted by Crippen LogP contribution is 2.23. The van der Waals surface area contributed by atoms with Gasteiger partial charge in [0.1, 0.15) is 0 Å². The molecule has 1 amide bonds. The van der Waals surface area contributed by atoms with Gasteiger partial charge in [0, 0.05) is 30.7 Å². The lowest BCUT2D eigenvalue weighted by Crippen LogP contribution is -2.52. The van der Waals surface area contributed by atoms with E-state index in [1.165, 1.54) is 16.4 Å². The lowest BCUT2D eigenvalue weighted by molar-refractivity contribution is -0.141. The van der Waals surface area contributed by atoms with E-state index in [9.17, 15) is 4.79 Å². The first-order valence-corrected chi connectivity index (χ1v) is 8.03. The Bertz CT molecular complexity index is 438. The average molecular weight is 295 g/mol. The zero-order chi connectivity index (χ0) is 14.8. The summed E-state index contributed by atoms with van der Waals surface area (Å²) in [6.07, 6.45) is 3.89. The van der Waals surface area contributed by atoms with Crippen molar-refractivity contribution in [1.82, 2.24) is 14.2 Å². The summed E-state index contributed by atoms with van der Waals surface area (Å²) in [7, 11) is 2.04.